The molecule has 8 heteroatoms. The van der Waals surface area contributed by atoms with Gasteiger partial charge in [-0.05, 0) is 70.1 Å². The van der Waals surface area contributed by atoms with Gasteiger partial charge in [-0.1, -0.05) is 48.5 Å². The standard InChI is InChI=1S/C29H25N3O4S/c1-4-32-27(20-14-21(35-2)16-22(15-20)36-3)30-31-29(32)37-26(28(33)34)17-25-23-11-7-5-9-18(23)13-19-10-6-8-12-24(19)25/h5-17H,4H2,1-3H3,(H,33,34)/b26-17-. The van der Waals surface area contributed by atoms with Gasteiger partial charge in [0.2, 0.25) is 0 Å². The van der Waals surface area contributed by atoms with Crippen LogP contribution in [-0.2, 0) is 11.3 Å². The summed E-state index contributed by atoms with van der Waals surface area (Å²) in [4.78, 5) is 12.6. The van der Waals surface area contributed by atoms with Gasteiger partial charge in [0.15, 0.2) is 11.0 Å². The van der Waals surface area contributed by atoms with Crippen LogP contribution in [-0.4, -0.2) is 40.1 Å². The van der Waals surface area contributed by atoms with Crippen molar-refractivity contribution < 1.29 is 19.4 Å². The zero-order valence-electron chi connectivity index (χ0n) is 20.6. The summed E-state index contributed by atoms with van der Waals surface area (Å²) < 4.78 is 12.7. The number of aromatic nitrogens is 3. The summed E-state index contributed by atoms with van der Waals surface area (Å²) >= 11 is 1.08. The Kier molecular flexibility index (Phi) is 6.83. The van der Waals surface area contributed by atoms with E-state index in [2.05, 4.69) is 16.3 Å². The molecule has 5 aromatic rings. The minimum absolute atomic E-state index is 0.151. The molecule has 0 bridgehead atoms. The van der Waals surface area contributed by atoms with Gasteiger partial charge in [-0.2, -0.15) is 0 Å². The van der Waals surface area contributed by atoms with Crippen molar-refractivity contribution in [3.8, 4) is 22.9 Å². The van der Waals surface area contributed by atoms with Crippen molar-refractivity contribution >= 4 is 45.4 Å². The van der Waals surface area contributed by atoms with Gasteiger partial charge >= 0.3 is 5.97 Å². The van der Waals surface area contributed by atoms with Crippen molar-refractivity contribution in [1.29, 1.82) is 0 Å². The predicted molar refractivity (Wildman–Crippen MR) is 147 cm³/mol. The molecule has 0 atom stereocenters. The van der Waals surface area contributed by atoms with E-state index in [9.17, 15) is 9.90 Å². The number of hydrogen-bond acceptors (Lipinski definition) is 6. The van der Waals surface area contributed by atoms with Crippen LogP contribution in [0.4, 0.5) is 0 Å². The van der Waals surface area contributed by atoms with Gasteiger partial charge in [0.05, 0.1) is 14.2 Å². The van der Waals surface area contributed by atoms with Crippen LogP contribution in [0.5, 0.6) is 11.5 Å². The lowest BCUT2D eigenvalue weighted by Crippen LogP contribution is -2.03. The smallest absolute Gasteiger partial charge is 0.342 e. The first-order chi connectivity index (χ1) is 18.0. The highest BCUT2D eigenvalue weighted by Crippen LogP contribution is 2.36. The van der Waals surface area contributed by atoms with Crippen molar-refractivity contribution in [3.63, 3.8) is 0 Å². The lowest BCUT2D eigenvalue weighted by molar-refractivity contribution is -0.131. The van der Waals surface area contributed by atoms with Gasteiger partial charge in [-0.25, -0.2) is 4.79 Å². The van der Waals surface area contributed by atoms with Crippen LogP contribution in [0.1, 0.15) is 12.5 Å². The Morgan fingerprint density at radius 2 is 1.51 bits per heavy atom. The number of rotatable bonds is 8. The molecule has 37 heavy (non-hydrogen) atoms. The number of fused-ring (bicyclic) bond motifs is 2. The molecule has 0 radical (unpaired) electrons. The molecule has 0 spiro atoms. The van der Waals surface area contributed by atoms with E-state index >= 15 is 0 Å². The molecule has 4 aromatic carbocycles. The highest BCUT2D eigenvalue weighted by atomic mass is 32.2. The lowest BCUT2D eigenvalue weighted by atomic mass is 9.96. The molecule has 0 aliphatic heterocycles. The molecular formula is C29H25N3O4S. The number of benzene rings is 4. The minimum atomic E-state index is -1.03. The molecule has 1 aromatic heterocycles. The van der Waals surface area contributed by atoms with Gasteiger partial charge in [0.1, 0.15) is 16.4 Å². The van der Waals surface area contributed by atoms with E-state index in [1.54, 1.807) is 26.4 Å². The van der Waals surface area contributed by atoms with Crippen molar-refractivity contribution in [3.05, 3.63) is 83.3 Å². The first-order valence-electron chi connectivity index (χ1n) is 11.7. The summed E-state index contributed by atoms with van der Waals surface area (Å²) in [6.45, 7) is 2.52. The molecule has 0 fully saturated rings. The monoisotopic (exact) mass is 511 g/mol. The fraction of sp³-hybridized carbons (Fsp3) is 0.138. The zero-order chi connectivity index (χ0) is 25.9. The lowest BCUT2D eigenvalue weighted by Gasteiger charge is -2.11. The van der Waals surface area contributed by atoms with Crippen molar-refractivity contribution in [2.45, 2.75) is 18.6 Å². The Labute approximate surface area is 218 Å². The van der Waals surface area contributed by atoms with Gasteiger partial charge in [-0.3, -0.25) is 0 Å². The molecule has 0 saturated heterocycles. The summed E-state index contributed by atoms with van der Waals surface area (Å²) in [5.74, 6) is 0.825. The average molecular weight is 512 g/mol. The predicted octanol–water partition coefficient (Wildman–Crippen LogP) is 6.51. The van der Waals surface area contributed by atoms with E-state index in [0.717, 1.165) is 44.4 Å². The number of ether oxygens (including phenoxy) is 2. The van der Waals surface area contributed by atoms with Crippen LogP contribution in [0.3, 0.4) is 0 Å². The third-order valence-electron chi connectivity index (χ3n) is 6.14. The van der Waals surface area contributed by atoms with Crippen LogP contribution >= 0.6 is 11.8 Å². The van der Waals surface area contributed by atoms with Crippen LogP contribution < -0.4 is 9.47 Å². The fourth-order valence-corrected chi connectivity index (χ4v) is 5.24. The highest BCUT2D eigenvalue weighted by Gasteiger charge is 2.20. The maximum atomic E-state index is 12.4. The number of carbonyl (C=O) groups is 1. The molecule has 7 nitrogen and oxygen atoms in total. The minimum Gasteiger partial charge on any atom is -0.497 e. The third kappa shape index (κ3) is 4.75. The molecule has 5 rings (SSSR count). The molecule has 186 valence electrons. The number of carboxylic acids is 1. The van der Waals surface area contributed by atoms with Crippen molar-refractivity contribution in [2.75, 3.05) is 14.2 Å². The average Bonchev–Trinajstić information content (AvgIpc) is 3.34. The van der Waals surface area contributed by atoms with E-state index in [-0.39, 0.29) is 4.91 Å². The Balaban J connectivity index is 1.62. The van der Waals surface area contributed by atoms with E-state index in [1.807, 2.05) is 72.2 Å². The van der Waals surface area contributed by atoms with Crippen LogP contribution in [0.15, 0.2) is 82.9 Å². The second-order valence-corrected chi connectivity index (χ2v) is 9.31. The number of hydrogen-bond donors (Lipinski definition) is 1. The molecule has 0 aliphatic carbocycles. The molecule has 0 aliphatic rings. The molecule has 1 heterocycles. The summed E-state index contributed by atoms with van der Waals surface area (Å²) in [7, 11) is 3.18. The molecule has 0 unspecified atom stereocenters. The number of methoxy groups -OCH3 is 2. The first kappa shape index (κ1) is 24.4. The first-order valence-corrected chi connectivity index (χ1v) is 12.5. The highest BCUT2D eigenvalue weighted by molar-refractivity contribution is 8.04. The summed E-state index contributed by atoms with van der Waals surface area (Å²) in [5.41, 5.74) is 1.62. The largest absolute Gasteiger partial charge is 0.497 e. The Morgan fingerprint density at radius 3 is 2.05 bits per heavy atom. The number of nitrogens with zero attached hydrogens (tertiary/aromatic N) is 3. The Bertz CT molecular complexity index is 1580. The zero-order valence-corrected chi connectivity index (χ0v) is 21.5. The van der Waals surface area contributed by atoms with E-state index in [0.29, 0.717) is 29.0 Å². The summed E-state index contributed by atoms with van der Waals surface area (Å²) in [5, 5.41) is 23.5. The number of aliphatic carboxylic acids is 1. The van der Waals surface area contributed by atoms with Gasteiger partial charge in [0, 0.05) is 18.2 Å². The summed E-state index contributed by atoms with van der Waals surface area (Å²) in [6.07, 6.45) is 1.74. The van der Waals surface area contributed by atoms with E-state index in [1.165, 1.54) is 0 Å². The number of carboxylic acid groups (broad SMARTS) is 1. The normalized spacial score (nSPS) is 11.7. The van der Waals surface area contributed by atoms with Crippen LogP contribution in [0.2, 0.25) is 0 Å². The Hall–Kier alpha value is -4.30. The molecule has 1 N–H and O–H groups in total. The van der Waals surface area contributed by atoms with Crippen LogP contribution in [0.25, 0.3) is 39.0 Å². The topological polar surface area (TPSA) is 86.5 Å². The Morgan fingerprint density at radius 1 is 0.919 bits per heavy atom. The van der Waals surface area contributed by atoms with E-state index < -0.39 is 5.97 Å². The molecule has 0 amide bonds. The summed E-state index contributed by atoms with van der Waals surface area (Å²) in [6, 6.07) is 23.6. The van der Waals surface area contributed by atoms with E-state index in [4.69, 9.17) is 9.47 Å². The second kappa shape index (κ2) is 10.4. The maximum absolute atomic E-state index is 12.4. The second-order valence-electron chi connectivity index (χ2n) is 8.30. The SMILES string of the molecule is CCn1c(S/C(=C\c2c3ccccc3cc3ccccc23)C(=O)O)nnc1-c1cc(OC)cc(OC)c1. The van der Waals surface area contributed by atoms with Crippen LogP contribution in [0, 0.1) is 0 Å². The maximum Gasteiger partial charge on any atom is 0.342 e. The van der Waals surface area contributed by atoms with Gasteiger partial charge < -0.3 is 19.1 Å². The molecule has 0 saturated carbocycles. The molecular weight excluding hydrogens is 486 g/mol. The fourth-order valence-electron chi connectivity index (χ4n) is 4.37. The number of thioether (sulfide) groups is 1. The van der Waals surface area contributed by atoms with Crippen molar-refractivity contribution in [2.24, 2.45) is 0 Å². The quantitative estimate of drug-likeness (QED) is 0.144. The van der Waals surface area contributed by atoms with Crippen molar-refractivity contribution in [1.82, 2.24) is 14.8 Å². The third-order valence-corrected chi connectivity index (χ3v) is 7.14. The van der Waals surface area contributed by atoms with Gasteiger partial charge in [-0.15, -0.1) is 10.2 Å². The van der Waals surface area contributed by atoms with Gasteiger partial charge in [0.25, 0.3) is 0 Å².